The molecule has 0 aromatic rings. The number of hydrogen-bond acceptors (Lipinski definition) is 3. The minimum atomic E-state index is -0.129. The van der Waals surface area contributed by atoms with Gasteiger partial charge in [-0.3, -0.25) is 4.90 Å². The first-order valence-corrected chi connectivity index (χ1v) is 7.67. The summed E-state index contributed by atoms with van der Waals surface area (Å²) in [6, 6.07) is 0.371. The summed E-state index contributed by atoms with van der Waals surface area (Å²) in [5.41, 5.74) is 0. The lowest BCUT2D eigenvalue weighted by molar-refractivity contribution is -0.0487. The van der Waals surface area contributed by atoms with Crippen LogP contribution in [0.4, 0.5) is 0 Å². The van der Waals surface area contributed by atoms with Gasteiger partial charge in [-0.1, -0.05) is 32.6 Å². The van der Waals surface area contributed by atoms with E-state index in [-0.39, 0.29) is 6.10 Å². The quantitative estimate of drug-likeness (QED) is 0.822. The van der Waals surface area contributed by atoms with Crippen LogP contribution in [-0.4, -0.2) is 48.5 Å². The second kappa shape index (κ2) is 6.88. The monoisotopic (exact) mass is 255 g/mol. The van der Waals surface area contributed by atoms with Gasteiger partial charge in [-0.2, -0.15) is 0 Å². The number of aliphatic hydroxyl groups is 1. The molecular formula is C15H29NO2. The molecule has 1 aliphatic carbocycles. The number of ether oxygens (including phenoxy) is 1. The molecule has 1 aliphatic heterocycles. The molecule has 3 nitrogen and oxygen atoms in total. The van der Waals surface area contributed by atoms with Crippen LogP contribution in [0.3, 0.4) is 0 Å². The first-order valence-electron chi connectivity index (χ1n) is 7.67. The Labute approximate surface area is 112 Å². The molecule has 4 unspecified atom stereocenters. The maximum atomic E-state index is 10.4. The molecule has 18 heavy (non-hydrogen) atoms. The van der Waals surface area contributed by atoms with E-state index in [1.165, 1.54) is 32.1 Å². The summed E-state index contributed by atoms with van der Waals surface area (Å²) in [5, 5.41) is 10.4. The van der Waals surface area contributed by atoms with Crippen molar-refractivity contribution >= 4 is 0 Å². The number of aliphatic hydroxyl groups excluding tert-OH is 1. The summed E-state index contributed by atoms with van der Waals surface area (Å²) in [5.74, 6) is 0.650. The van der Waals surface area contributed by atoms with E-state index in [0.29, 0.717) is 18.1 Å². The molecule has 2 fully saturated rings. The zero-order valence-corrected chi connectivity index (χ0v) is 12.0. The summed E-state index contributed by atoms with van der Waals surface area (Å²) < 4.78 is 5.59. The number of piperidine rings is 1. The van der Waals surface area contributed by atoms with Crippen LogP contribution < -0.4 is 0 Å². The topological polar surface area (TPSA) is 32.7 Å². The molecule has 2 aliphatic rings. The van der Waals surface area contributed by atoms with Gasteiger partial charge in [0, 0.05) is 19.7 Å². The molecule has 0 radical (unpaired) electrons. The van der Waals surface area contributed by atoms with Crippen LogP contribution in [0.15, 0.2) is 0 Å². The van der Waals surface area contributed by atoms with Gasteiger partial charge in [-0.25, -0.2) is 0 Å². The fourth-order valence-corrected chi connectivity index (χ4v) is 3.54. The van der Waals surface area contributed by atoms with Crippen molar-refractivity contribution in [1.82, 2.24) is 4.90 Å². The van der Waals surface area contributed by atoms with Crippen LogP contribution in [0.2, 0.25) is 0 Å². The Hall–Kier alpha value is -0.120. The third kappa shape index (κ3) is 3.46. The summed E-state index contributed by atoms with van der Waals surface area (Å²) in [4.78, 5) is 2.49. The van der Waals surface area contributed by atoms with Crippen molar-refractivity contribution in [2.24, 2.45) is 5.92 Å². The van der Waals surface area contributed by atoms with E-state index in [2.05, 4.69) is 11.8 Å². The molecule has 0 bridgehead atoms. The second-order valence-electron chi connectivity index (χ2n) is 6.16. The van der Waals surface area contributed by atoms with E-state index in [1.54, 1.807) is 0 Å². The number of likely N-dealkylation sites (tertiary alicyclic amines) is 1. The first kappa shape index (κ1) is 14.3. The van der Waals surface area contributed by atoms with Gasteiger partial charge in [0.05, 0.1) is 12.2 Å². The van der Waals surface area contributed by atoms with Gasteiger partial charge in [0.15, 0.2) is 0 Å². The van der Waals surface area contributed by atoms with Crippen LogP contribution >= 0.6 is 0 Å². The van der Waals surface area contributed by atoms with E-state index in [1.807, 2.05) is 7.11 Å². The van der Waals surface area contributed by atoms with Gasteiger partial charge >= 0.3 is 0 Å². The number of rotatable bonds is 2. The third-order valence-electron chi connectivity index (χ3n) is 4.89. The van der Waals surface area contributed by atoms with E-state index < -0.39 is 0 Å². The first-order chi connectivity index (χ1) is 8.72. The Morgan fingerprint density at radius 2 is 1.78 bits per heavy atom. The molecule has 106 valence electrons. The summed E-state index contributed by atoms with van der Waals surface area (Å²) in [6.07, 6.45) is 8.64. The van der Waals surface area contributed by atoms with Crippen molar-refractivity contribution in [3.63, 3.8) is 0 Å². The van der Waals surface area contributed by atoms with Gasteiger partial charge in [0.2, 0.25) is 0 Å². The van der Waals surface area contributed by atoms with Crippen molar-refractivity contribution in [3.8, 4) is 0 Å². The largest absolute Gasteiger partial charge is 0.391 e. The number of nitrogens with zero attached hydrogens (tertiary/aromatic N) is 1. The van der Waals surface area contributed by atoms with E-state index in [9.17, 15) is 5.11 Å². The predicted octanol–water partition coefficient (Wildman–Crippen LogP) is 2.43. The molecule has 1 heterocycles. The van der Waals surface area contributed by atoms with Gasteiger partial charge in [0.25, 0.3) is 0 Å². The minimum Gasteiger partial charge on any atom is -0.391 e. The Morgan fingerprint density at radius 1 is 1.06 bits per heavy atom. The van der Waals surface area contributed by atoms with E-state index >= 15 is 0 Å². The highest BCUT2D eigenvalue weighted by molar-refractivity contribution is 4.87. The molecule has 1 N–H and O–H groups in total. The Balaban J connectivity index is 1.95. The summed E-state index contributed by atoms with van der Waals surface area (Å²) in [6.45, 7) is 4.40. The van der Waals surface area contributed by atoms with Crippen molar-refractivity contribution in [2.75, 3.05) is 20.2 Å². The van der Waals surface area contributed by atoms with Gasteiger partial charge in [0.1, 0.15) is 0 Å². The molecule has 0 aromatic heterocycles. The van der Waals surface area contributed by atoms with Crippen molar-refractivity contribution in [3.05, 3.63) is 0 Å². The second-order valence-corrected chi connectivity index (χ2v) is 6.16. The molecule has 2 rings (SSSR count). The SMILES string of the molecule is COC1CN(C2CCCCCCC2O)CCC1C. The van der Waals surface area contributed by atoms with Crippen molar-refractivity contribution in [2.45, 2.75) is 70.1 Å². The number of methoxy groups -OCH3 is 1. The fraction of sp³-hybridized carbons (Fsp3) is 1.00. The maximum Gasteiger partial charge on any atom is 0.0724 e. The third-order valence-corrected chi connectivity index (χ3v) is 4.89. The van der Waals surface area contributed by atoms with Crippen molar-refractivity contribution in [1.29, 1.82) is 0 Å². The summed E-state index contributed by atoms with van der Waals surface area (Å²) >= 11 is 0. The molecule has 1 saturated carbocycles. The van der Waals surface area contributed by atoms with E-state index in [0.717, 1.165) is 25.9 Å². The average molecular weight is 255 g/mol. The Morgan fingerprint density at radius 3 is 2.50 bits per heavy atom. The molecule has 0 amide bonds. The van der Waals surface area contributed by atoms with Gasteiger partial charge in [-0.15, -0.1) is 0 Å². The lowest BCUT2D eigenvalue weighted by Gasteiger charge is -2.43. The van der Waals surface area contributed by atoms with Crippen LogP contribution in [0, 0.1) is 5.92 Å². The lowest BCUT2D eigenvalue weighted by Crippen LogP contribution is -2.52. The van der Waals surface area contributed by atoms with E-state index in [4.69, 9.17) is 4.74 Å². The highest BCUT2D eigenvalue weighted by atomic mass is 16.5. The smallest absolute Gasteiger partial charge is 0.0724 e. The minimum absolute atomic E-state index is 0.129. The van der Waals surface area contributed by atoms with Crippen LogP contribution in [0.1, 0.15) is 51.9 Å². The summed E-state index contributed by atoms with van der Waals surface area (Å²) in [7, 11) is 1.82. The molecule has 1 saturated heterocycles. The maximum absolute atomic E-state index is 10.4. The molecule has 0 spiro atoms. The molecule has 3 heteroatoms. The number of hydrogen-bond donors (Lipinski definition) is 1. The van der Waals surface area contributed by atoms with Crippen molar-refractivity contribution < 1.29 is 9.84 Å². The highest BCUT2D eigenvalue weighted by Gasteiger charge is 2.33. The standard InChI is InChI=1S/C15H29NO2/c1-12-9-10-16(11-15(12)18-2)13-7-5-3-4-6-8-14(13)17/h12-15,17H,3-11H2,1-2H3. The highest BCUT2D eigenvalue weighted by Crippen LogP contribution is 2.27. The Kier molecular flexibility index (Phi) is 5.46. The van der Waals surface area contributed by atoms with Crippen LogP contribution in [0.25, 0.3) is 0 Å². The average Bonchev–Trinajstić information content (AvgIpc) is 2.36. The zero-order chi connectivity index (χ0) is 13.0. The molecule has 0 aromatic carbocycles. The Bertz CT molecular complexity index is 247. The zero-order valence-electron chi connectivity index (χ0n) is 12.0. The lowest BCUT2D eigenvalue weighted by atomic mass is 9.89. The normalized spacial score (nSPS) is 40.2. The van der Waals surface area contributed by atoms with Gasteiger partial charge < -0.3 is 9.84 Å². The molecule has 4 atom stereocenters. The van der Waals surface area contributed by atoms with Gasteiger partial charge in [-0.05, 0) is 31.7 Å². The van der Waals surface area contributed by atoms with Crippen LogP contribution in [0.5, 0.6) is 0 Å². The predicted molar refractivity (Wildman–Crippen MR) is 73.6 cm³/mol. The van der Waals surface area contributed by atoms with Crippen LogP contribution in [-0.2, 0) is 4.74 Å². The molecular weight excluding hydrogens is 226 g/mol. The fourth-order valence-electron chi connectivity index (χ4n) is 3.54.